The van der Waals surface area contributed by atoms with Crippen molar-refractivity contribution in [2.45, 2.75) is 24.9 Å². The fourth-order valence-electron chi connectivity index (χ4n) is 2.12. The van der Waals surface area contributed by atoms with Crippen molar-refractivity contribution in [3.63, 3.8) is 0 Å². The zero-order valence-electron chi connectivity index (χ0n) is 15.5. The second kappa shape index (κ2) is 12.5. The SMILES string of the molecule is NC(CCC(=O)NC(CSCC(=O)c1ccccc1)C(=O)NCC(=O)O)C(=O)O. The van der Waals surface area contributed by atoms with E-state index in [0.29, 0.717) is 5.56 Å². The fraction of sp³-hybridized carbons (Fsp3) is 0.389. The zero-order chi connectivity index (χ0) is 21.8. The molecule has 0 spiro atoms. The molecular formula is C18H23N3O7S. The summed E-state index contributed by atoms with van der Waals surface area (Å²) < 4.78 is 0. The Morgan fingerprint density at radius 1 is 1.07 bits per heavy atom. The Morgan fingerprint density at radius 2 is 1.72 bits per heavy atom. The monoisotopic (exact) mass is 425 g/mol. The molecule has 0 aliphatic carbocycles. The summed E-state index contributed by atoms with van der Waals surface area (Å²) in [5.74, 6) is -3.88. The predicted molar refractivity (Wildman–Crippen MR) is 106 cm³/mol. The van der Waals surface area contributed by atoms with Crippen LogP contribution in [0.1, 0.15) is 23.2 Å². The molecule has 0 heterocycles. The van der Waals surface area contributed by atoms with Crippen molar-refractivity contribution in [1.29, 1.82) is 0 Å². The third-order valence-corrected chi connectivity index (χ3v) is 4.71. The van der Waals surface area contributed by atoms with Crippen LogP contribution in [0.25, 0.3) is 0 Å². The number of hydrogen-bond donors (Lipinski definition) is 5. The van der Waals surface area contributed by atoms with Gasteiger partial charge in [-0.2, -0.15) is 11.8 Å². The number of nitrogens with one attached hydrogen (secondary N) is 2. The first-order valence-electron chi connectivity index (χ1n) is 8.64. The summed E-state index contributed by atoms with van der Waals surface area (Å²) in [6, 6.07) is 6.25. The van der Waals surface area contributed by atoms with Crippen molar-refractivity contribution in [2.24, 2.45) is 5.73 Å². The molecule has 0 aliphatic heterocycles. The third kappa shape index (κ3) is 9.72. The maximum atomic E-state index is 12.2. The van der Waals surface area contributed by atoms with Gasteiger partial charge in [0.15, 0.2) is 5.78 Å². The molecule has 6 N–H and O–H groups in total. The van der Waals surface area contributed by atoms with Crippen LogP contribution in [0.15, 0.2) is 30.3 Å². The minimum Gasteiger partial charge on any atom is -0.480 e. The number of amides is 2. The van der Waals surface area contributed by atoms with Crippen LogP contribution < -0.4 is 16.4 Å². The Bertz CT molecular complexity index is 742. The van der Waals surface area contributed by atoms with Crippen molar-refractivity contribution < 1.29 is 34.2 Å². The number of ketones is 1. The van der Waals surface area contributed by atoms with E-state index in [4.69, 9.17) is 15.9 Å². The Kier molecular flexibility index (Phi) is 10.4. The molecular weight excluding hydrogens is 402 g/mol. The third-order valence-electron chi connectivity index (χ3n) is 3.68. The molecule has 2 unspecified atom stereocenters. The largest absolute Gasteiger partial charge is 0.480 e. The molecule has 0 saturated carbocycles. The quantitative estimate of drug-likeness (QED) is 0.260. The lowest BCUT2D eigenvalue weighted by Gasteiger charge is -2.18. The van der Waals surface area contributed by atoms with Gasteiger partial charge in [0.2, 0.25) is 11.8 Å². The van der Waals surface area contributed by atoms with Gasteiger partial charge in [-0.05, 0) is 6.42 Å². The average molecular weight is 425 g/mol. The van der Waals surface area contributed by atoms with Crippen LogP contribution >= 0.6 is 11.8 Å². The first-order chi connectivity index (χ1) is 13.7. The number of carboxylic acids is 2. The van der Waals surface area contributed by atoms with Gasteiger partial charge in [0.05, 0.1) is 5.75 Å². The summed E-state index contributed by atoms with van der Waals surface area (Å²) >= 11 is 1.11. The van der Waals surface area contributed by atoms with Crippen LogP contribution in [0, 0.1) is 0 Å². The van der Waals surface area contributed by atoms with Crippen molar-refractivity contribution in [3.8, 4) is 0 Å². The summed E-state index contributed by atoms with van der Waals surface area (Å²) in [5.41, 5.74) is 5.85. The maximum Gasteiger partial charge on any atom is 0.322 e. The molecule has 1 rings (SSSR count). The molecule has 10 nitrogen and oxygen atoms in total. The van der Waals surface area contributed by atoms with Crippen LogP contribution in [0.5, 0.6) is 0 Å². The van der Waals surface area contributed by atoms with E-state index >= 15 is 0 Å². The maximum absolute atomic E-state index is 12.2. The van der Waals surface area contributed by atoms with Crippen LogP contribution in [-0.2, 0) is 19.2 Å². The number of hydrogen-bond acceptors (Lipinski definition) is 7. The summed E-state index contributed by atoms with van der Waals surface area (Å²) in [6.45, 7) is -0.622. The topological polar surface area (TPSA) is 176 Å². The van der Waals surface area contributed by atoms with E-state index in [1.165, 1.54) is 0 Å². The lowest BCUT2D eigenvalue weighted by Crippen LogP contribution is -2.49. The minimum absolute atomic E-state index is 0.0285. The van der Waals surface area contributed by atoms with E-state index < -0.39 is 42.4 Å². The van der Waals surface area contributed by atoms with Gasteiger partial charge in [0, 0.05) is 17.7 Å². The first kappa shape index (κ1) is 24.1. The second-order valence-corrected chi connectivity index (χ2v) is 7.05. The summed E-state index contributed by atoms with van der Waals surface area (Å²) in [4.78, 5) is 57.6. The van der Waals surface area contributed by atoms with Crippen LogP contribution in [0.4, 0.5) is 0 Å². The fourth-order valence-corrected chi connectivity index (χ4v) is 3.06. The molecule has 0 saturated heterocycles. The van der Waals surface area contributed by atoms with E-state index in [9.17, 15) is 24.0 Å². The molecule has 0 aliphatic rings. The number of carbonyl (C=O) groups is 5. The molecule has 158 valence electrons. The number of rotatable bonds is 13. The van der Waals surface area contributed by atoms with Crippen molar-refractivity contribution in [1.82, 2.24) is 10.6 Å². The summed E-state index contributed by atoms with van der Waals surface area (Å²) in [5, 5.41) is 22.0. The van der Waals surface area contributed by atoms with Gasteiger partial charge in [-0.25, -0.2) is 0 Å². The number of carboxylic acid groups (broad SMARTS) is 2. The van der Waals surface area contributed by atoms with Crippen LogP contribution in [0.2, 0.25) is 0 Å². The predicted octanol–water partition coefficient (Wildman–Crippen LogP) is -0.520. The number of thioether (sulfide) groups is 1. The van der Waals surface area contributed by atoms with Gasteiger partial charge in [0.25, 0.3) is 0 Å². The van der Waals surface area contributed by atoms with Crippen LogP contribution in [-0.4, -0.2) is 69.9 Å². The van der Waals surface area contributed by atoms with Crippen LogP contribution in [0.3, 0.4) is 0 Å². The smallest absolute Gasteiger partial charge is 0.322 e. The number of benzene rings is 1. The molecule has 0 fully saturated rings. The molecule has 0 radical (unpaired) electrons. The lowest BCUT2D eigenvalue weighted by molar-refractivity contribution is -0.139. The normalized spacial score (nSPS) is 12.4. The van der Waals surface area contributed by atoms with Gasteiger partial charge in [0.1, 0.15) is 18.6 Å². The van der Waals surface area contributed by atoms with Crippen molar-refractivity contribution in [2.75, 3.05) is 18.1 Å². The molecule has 1 aromatic rings. The molecule has 2 atom stereocenters. The van der Waals surface area contributed by atoms with E-state index in [1.54, 1.807) is 30.3 Å². The summed E-state index contributed by atoms with van der Waals surface area (Å²) in [7, 11) is 0. The standard InChI is InChI=1S/C18H23N3O7S/c19-12(18(27)28)6-7-15(23)21-13(17(26)20-8-16(24)25)9-29-10-14(22)11-4-2-1-3-5-11/h1-5,12-13H,6-10,19H2,(H,20,26)(H,21,23)(H,24,25)(H,27,28). The van der Waals surface area contributed by atoms with E-state index in [2.05, 4.69) is 10.6 Å². The van der Waals surface area contributed by atoms with Gasteiger partial charge < -0.3 is 26.6 Å². The van der Waals surface area contributed by atoms with Crippen molar-refractivity contribution >= 4 is 41.3 Å². The molecule has 1 aromatic carbocycles. The molecule has 0 bridgehead atoms. The molecule has 11 heteroatoms. The van der Waals surface area contributed by atoms with Crippen molar-refractivity contribution in [3.05, 3.63) is 35.9 Å². The molecule has 2 amide bonds. The highest BCUT2D eigenvalue weighted by Crippen LogP contribution is 2.09. The number of aliphatic carboxylic acids is 2. The van der Waals surface area contributed by atoms with Gasteiger partial charge in [-0.1, -0.05) is 30.3 Å². The first-order valence-corrected chi connectivity index (χ1v) is 9.79. The Morgan fingerprint density at radius 3 is 2.31 bits per heavy atom. The van der Waals surface area contributed by atoms with Gasteiger partial charge in [-0.3, -0.25) is 24.0 Å². The van der Waals surface area contributed by atoms with E-state index in [1.807, 2.05) is 0 Å². The number of Topliss-reactive ketones (excluding diaryl/α,β-unsaturated/α-hetero) is 1. The zero-order valence-corrected chi connectivity index (χ0v) is 16.3. The highest BCUT2D eigenvalue weighted by molar-refractivity contribution is 8.00. The average Bonchev–Trinajstić information content (AvgIpc) is 2.69. The highest BCUT2D eigenvalue weighted by atomic mass is 32.2. The Balaban J connectivity index is 2.61. The number of nitrogens with two attached hydrogens (primary N) is 1. The van der Waals surface area contributed by atoms with E-state index in [-0.39, 0.29) is 30.1 Å². The lowest BCUT2D eigenvalue weighted by atomic mass is 10.1. The number of carbonyl (C=O) groups excluding carboxylic acids is 3. The minimum atomic E-state index is -1.25. The molecule has 29 heavy (non-hydrogen) atoms. The highest BCUT2D eigenvalue weighted by Gasteiger charge is 2.23. The summed E-state index contributed by atoms with van der Waals surface area (Å²) in [6.07, 6.45) is -0.339. The second-order valence-electron chi connectivity index (χ2n) is 6.02. The van der Waals surface area contributed by atoms with Gasteiger partial charge in [-0.15, -0.1) is 0 Å². The molecule has 0 aromatic heterocycles. The Hall–Kier alpha value is -2.92. The van der Waals surface area contributed by atoms with E-state index in [0.717, 1.165) is 11.8 Å². The van der Waals surface area contributed by atoms with Gasteiger partial charge >= 0.3 is 11.9 Å². The Labute approximate surface area is 171 Å².